The van der Waals surface area contributed by atoms with E-state index >= 15 is 0 Å². The maximum Gasteiger partial charge on any atom is 0.249 e. The molecule has 20 atom stereocenters. The van der Waals surface area contributed by atoms with Crippen molar-refractivity contribution in [2.75, 3.05) is 46.1 Å². The number of carbonyl (C=O) groups is 1. The minimum Gasteiger partial charge on any atom is -0.394 e. The van der Waals surface area contributed by atoms with E-state index in [0.717, 1.165) is 5.56 Å². The predicted molar refractivity (Wildman–Crippen MR) is 206 cm³/mol. The van der Waals surface area contributed by atoms with Crippen molar-refractivity contribution in [2.24, 2.45) is 28.7 Å². The van der Waals surface area contributed by atoms with Gasteiger partial charge in [-0.3, -0.25) is 4.79 Å². The summed E-state index contributed by atoms with van der Waals surface area (Å²) in [6.07, 6.45) is -22.9. The van der Waals surface area contributed by atoms with Gasteiger partial charge < -0.3 is 108 Å². The third-order valence-electron chi connectivity index (χ3n) is 11.3. The fraction of sp³-hybridized carbons (Fsp3) is 0.811. The van der Waals surface area contributed by atoms with Gasteiger partial charge in [-0.1, -0.05) is 30.3 Å². The summed E-state index contributed by atoms with van der Waals surface area (Å²) in [5.41, 5.74) is 31.4. The lowest BCUT2D eigenvalue weighted by atomic mass is 9.83. The molecule has 1 amide bonds. The molecule has 60 heavy (non-hydrogen) atoms. The molecule has 4 aliphatic rings. The van der Waals surface area contributed by atoms with Gasteiger partial charge in [-0.05, 0) is 37.9 Å². The van der Waals surface area contributed by atoms with Gasteiger partial charge >= 0.3 is 0 Å². The van der Waals surface area contributed by atoms with Gasteiger partial charge in [-0.15, -0.1) is 0 Å². The average molecular weight is 866 g/mol. The van der Waals surface area contributed by atoms with Crippen LogP contribution in [0.15, 0.2) is 30.3 Å². The maximum atomic E-state index is 14.9. The first-order chi connectivity index (χ1) is 28.7. The number of carbonyl (C=O) groups excluding carboxylic acids is 1. The second-order valence-corrected chi connectivity index (χ2v) is 15.5. The van der Waals surface area contributed by atoms with E-state index in [1.165, 1.54) is 0 Å². The van der Waals surface area contributed by atoms with Crippen LogP contribution in [0.2, 0.25) is 0 Å². The number of rotatable bonds is 20. The molecule has 0 spiro atoms. The smallest absolute Gasteiger partial charge is 0.249 e. The molecule has 0 bridgehead atoms. The molecule has 1 aromatic rings. The SMILES string of the molecule is NCC[C@H](O)C(=O)N[C@@H]1C[C@H](N)[C@@H](O[C@H]2O[C@H](CO)[C@@H](O)[C@H](O)[C@H]2N)[C@H](O[C@@H]2O[C@H](CF)[C@@H](O[C@H]3O[C@@H](CN)[C@@H](O)[C@H](O)[C@H]3N)[C@H]2OCCNCCc2ccccc2)[C@H]1O. The third-order valence-corrected chi connectivity index (χ3v) is 11.3. The number of alkyl halides is 1. The van der Waals surface area contributed by atoms with E-state index in [-0.39, 0.29) is 32.5 Å². The number of nitrogens with two attached hydrogens (primary N) is 5. The summed E-state index contributed by atoms with van der Waals surface area (Å²) in [6, 6.07) is 4.78. The van der Waals surface area contributed by atoms with Crippen LogP contribution in [0, 0.1) is 0 Å². The minimum atomic E-state index is -1.68. The van der Waals surface area contributed by atoms with Crippen LogP contribution in [-0.2, 0) is 44.4 Å². The highest BCUT2D eigenvalue weighted by Crippen LogP contribution is 2.36. The summed E-state index contributed by atoms with van der Waals surface area (Å²) in [6.45, 7) is -1.24. The van der Waals surface area contributed by atoms with Crippen molar-refractivity contribution in [2.45, 2.75) is 142 Å². The van der Waals surface area contributed by atoms with Crippen LogP contribution < -0.4 is 39.3 Å². The van der Waals surface area contributed by atoms with Gasteiger partial charge in [0, 0.05) is 19.1 Å². The zero-order valence-electron chi connectivity index (χ0n) is 33.2. The first-order valence-electron chi connectivity index (χ1n) is 20.3. The van der Waals surface area contributed by atoms with Crippen molar-refractivity contribution >= 4 is 5.91 Å². The standard InChI is InChI=1S/C37H64FN7O15/c38-13-20-31(59-35-23(42)28(51)26(49)21(14-40)56-35)33(54-11-10-44-9-7-16-4-2-1-3-5-16)37(55-20)60-32-25(48)18(45-34(53)19(47)6-8-39)12-17(41)30(32)58-36-24(43)29(52)27(50)22(15-46)57-36/h1-5,17-33,35-37,44,46-52H,6-15,39-43H2,(H,45,53)/t17-,18+,19-,20+,21-,22+,23+,24+,25-,26+,27+,28+,29+,30+,31+,32+,33+,35+,36+,37-/m0/s1. The van der Waals surface area contributed by atoms with E-state index in [1.54, 1.807) is 0 Å². The first kappa shape index (κ1) is 48.8. The molecule has 22 nitrogen and oxygen atoms in total. The summed E-state index contributed by atoms with van der Waals surface area (Å²) < 4.78 is 57.4. The fourth-order valence-electron chi connectivity index (χ4n) is 7.78. The predicted octanol–water partition coefficient (Wildman–Crippen LogP) is -7.16. The van der Waals surface area contributed by atoms with Gasteiger partial charge in [0.05, 0.1) is 31.3 Å². The van der Waals surface area contributed by atoms with Gasteiger partial charge in [0.2, 0.25) is 5.91 Å². The van der Waals surface area contributed by atoms with Crippen molar-refractivity contribution in [3.05, 3.63) is 35.9 Å². The van der Waals surface area contributed by atoms with E-state index < -0.39 is 142 Å². The molecule has 0 unspecified atom stereocenters. The Morgan fingerprint density at radius 1 is 0.783 bits per heavy atom. The summed E-state index contributed by atoms with van der Waals surface area (Å²) in [4.78, 5) is 12.9. The Kier molecular flexibility index (Phi) is 18.7. The number of nitrogens with one attached hydrogen (secondary N) is 2. The summed E-state index contributed by atoms with van der Waals surface area (Å²) >= 11 is 0. The zero-order chi connectivity index (χ0) is 43.7. The number of amides is 1. The second-order valence-electron chi connectivity index (χ2n) is 15.5. The van der Waals surface area contributed by atoms with Crippen molar-refractivity contribution in [1.82, 2.24) is 10.6 Å². The second kappa shape index (κ2) is 23.0. The fourth-order valence-corrected chi connectivity index (χ4v) is 7.78. The Morgan fingerprint density at radius 2 is 1.38 bits per heavy atom. The highest BCUT2D eigenvalue weighted by atomic mass is 19.1. The summed E-state index contributed by atoms with van der Waals surface area (Å²) in [5.74, 6) is -0.855. The van der Waals surface area contributed by atoms with Gasteiger partial charge in [0.15, 0.2) is 18.9 Å². The summed E-state index contributed by atoms with van der Waals surface area (Å²) in [7, 11) is 0. The maximum absolute atomic E-state index is 14.9. The van der Waals surface area contributed by atoms with Crippen molar-refractivity contribution in [3.63, 3.8) is 0 Å². The molecule has 0 radical (unpaired) electrons. The molecule has 1 aliphatic carbocycles. The third kappa shape index (κ3) is 11.7. The molecule has 19 N–H and O–H groups in total. The van der Waals surface area contributed by atoms with Crippen molar-refractivity contribution in [3.8, 4) is 0 Å². The molecule has 0 aromatic heterocycles. The van der Waals surface area contributed by atoms with Crippen LogP contribution in [0.4, 0.5) is 4.39 Å². The average Bonchev–Trinajstić information content (AvgIpc) is 3.57. The molecule has 5 rings (SSSR count). The number of benzene rings is 1. The first-order valence-corrected chi connectivity index (χ1v) is 20.3. The molecule has 1 saturated carbocycles. The lowest BCUT2D eigenvalue weighted by Gasteiger charge is -2.48. The Morgan fingerprint density at radius 3 is 2.00 bits per heavy atom. The molecule has 3 aliphatic heterocycles. The number of aliphatic hydroxyl groups is 7. The molecule has 3 saturated heterocycles. The van der Waals surface area contributed by atoms with Gasteiger partial charge in [0.25, 0.3) is 0 Å². The minimum absolute atomic E-state index is 0.00878. The number of hydrogen-bond acceptors (Lipinski definition) is 21. The van der Waals surface area contributed by atoms with E-state index in [2.05, 4.69) is 10.6 Å². The Bertz CT molecular complexity index is 1440. The van der Waals surface area contributed by atoms with Gasteiger partial charge in [-0.25, -0.2) is 4.39 Å². The van der Waals surface area contributed by atoms with Gasteiger partial charge in [0.1, 0.15) is 86.0 Å². The van der Waals surface area contributed by atoms with Crippen LogP contribution in [0.25, 0.3) is 0 Å². The van der Waals surface area contributed by atoms with Crippen molar-refractivity contribution < 1.29 is 78.1 Å². The molecular formula is C37H64FN7O15. The molecular weight excluding hydrogens is 801 g/mol. The Balaban J connectivity index is 1.41. The monoisotopic (exact) mass is 865 g/mol. The van der Waals surface area contributed by atoms with Crippen LogP contribution in [0.3, 0.4) is 0 Å². The van der Waals surface area contributed by atoms with E-state index in [1.807, 2.05) is 30.3 Å². The molecule has 4 fully saturated rings. The highest BCUT2D eigenvalue weighted by Gasteiger charge is 2.56. The van der Waals surface area contributed by atoms with E-state index in [9.17, 15) is 44.9 Å². The molecule has 3 heterocycles. The largest absolute Gasteiger partial charge is 0.394 e. The number of ether oxygens (including phenoxy) is 7. The van der Waals surface area contributed by atoms with Crippen LogP contribution in [0.5, 0.6) is 0 Å². The Hall–Kier alpha value is -2.18. The van der Waals surface area contributed by atoms with Crippen LogP contribution >= 0.6 is 0 Å². The van der Waals surface area contributed by atoms with Gasteiger partial charge in [-0.2, -0.15) is 0 Å². The molecule has 344 valence electrons. The van der Waals surface area contributed by atoms with Crippen LogP contribution in [-0.4, -0.2) is 210 Å². The number of aliphatic hydroxyl groups excluding tert-OH is 7. The van der Waals surface area contributed by atoms with E-state index in [4.69, 9.17) is 61.8 Å². The van der Waals surface area contributed by atoms with E-state index in [0.29, 0.717) is 19.5 Å². The normalized spacial score (nSPS) is 41.6. The molecule has 1 aromatic carbocycles. The summed E-state index contributed by atoms with van der Waals surface area (Å²) in [5, 5.41) is 80.0. The quantitative estimate of drug-likeness (QED) is 0.0542. The van der Waals surface area contributed by atoms with Crippen LogP contribution in [0.1, 0.15) is 18.4 Å². The topological polar surface area (TPSA) is 377 Å². The lowest BCUT2D eigenvalue weighted by molar-refractivity contribution is -0.312. The Labute approximate surface area is 346 Å². The highest BCUT2D eigenvalue weighted by molar-refractivity contribution is 5.80. The zero-order valence-corrected chi connectivity index (χ0v) is 33.2. The lowest BCUT2D eigenvalue weighted by Crippen LogP contribution is -2.69. The number of halogens is 1. The van der Waals surface area contributed by atoms with Crippen molar-refractivity contribution in [1.29, 1.82) is 0 Å². The molecule has 23 heteroatoms. The number of hydrogen-bond donors (Lipinski definition) is 14.